The molecule has 1 heterocycles. The SMILES string of the molecule is Cn1ccc(CN(CCN)C2CC2)n1. The molecule has 1 aromatic heterocycles. The van der Waals surface area contributed by atoms with Crippen molar-refractivity contribution >= 4 is 0 Å². The molecule has 0 aliphatic heterocycles. The first-order chi connectivity index (χ1) is 6.79. The van der Waals surface area contributed by atoms with Gasteiger partial charge in [0.1, 0.15) is 0 Å². The maximum atomic E-state index is 5.59. The van der Waals surface area contributed by atoms with E-state index in [2.05, 4.69) is 16.1 Å². The molecular weight excluding hydrogens is 176 g/mol. The summed E-state index contributed by atoms with van der Waals surface area (Å²) in [4.78, 5) is 2.43. The molecule has 0 radical (unpaired) electrons. The van der Waals surface area contributed by atoms with Crippen LogP contribution >= 0.6 is 0 Å². The topological polar surface area (TPSA) is 47.1 Å². The molecule has 0 bridgehead atoms. The van der Waals surface area contributed by atoms with E-state index in [1.54, 1.807) is 0 Å². The lowest BCUT2D eigenvalue weighted by molar-refractivity contribution is 0.258. The normalized spacial score (nSPS) is 16.5. The zero-order valence-electron chi connectivity index (χ0n) is 8.69. The highest BCUT2D eigenvalue weighted by atomic mass is 15.3. The van der Waals surface area contributed by atoms with Crippen molar-refractivity contribution in [3.05, 3.63) is 18.0 Å². The van der Waals surface area contributed by atoms with Gasteiger partial charge >= 0.3 is 0 Å². The molecule has 14 heavy (non-hydrogen) atoms. The van der Waals surface area contributed by atoms with Gasteiger partial charge in [-0.2, -0.15) is 5.10 Å². The Balaban J connectivity index is 1.92. The minimum Gasteiger partial charge on any atom is -0.329 e. The summed E-state index contributed by atoms with van der Waals surface area (Å²) in [5, 5.41) is 4.38. The lowest BCUT2D eigenvalue weighted by Gasteiger charge is -2.19. The van der Waals surface area contributed by atoms with Gasteiger partial charge in [-0.05, 0) is 18.9 Å². The van der Waals surface area contributed by atoms with Gasteiger partial charge in [-0.1, -0.05) is 0 Å². The maximum absolute atomic E-state index is 5.59. The summed E-state index contributed by atoms with van der Waals surface area (Å²) in [6, 6.07) is 2.84. The van der Waals surface area contributed by atoms with Gasteiger partial charge in [-0.3, -0.25) is 9.58 Å². The van der Waals surface area contributed by atoms with Gasteiger partial charge in [0.15, 0.2) is 0 Å². The minimum atomic E-state index is 0.739. The van der Waals surface area contributed by atoms with E-state index in [0.717, 1.165) is 31.4 Å². The molecule has 1 aromatic rings. The van der Waals surface area contributed by atoms with E-state index in [0.29, 0.717) is 0 Å². The predicted octanol–water partition coefficient (Wildman–Crippen LogP) is 0.343. The molecule has 0 aromatic carbocycles. The van der Waals surface area contributed by atoms with Crippen LogP contribution in [0.5, 0.6) is 0 Å². The summed E-state index contributed by atoms with van der Waals surface area (Å²) in [6.07, 6.45) is 4.64. The standard InChI is InChI=1S/C10H18N4/c1-13-6-4-9(12-13)8-14(7-5-11)10-2-3-10/h4,6,10H,2-3,5,7-8,11H2,1H3. The molecule has 1 aliphatic carbocycles. The maximum Gasteiger partial charge on any atom is 0.0764 e. The molecule has 0 amide bonds. The Morgan fingerprint density at radius 1 is 1.64 bits per heavy atom. The first-order valence-electron chi connectivity index (χ1n) is 5.22. The van der Waals surface area contributed by atoms with Crippen LogP contribution in [0.25, 0.3) is 0 Å². The Labute approximate surface area is 84.7 Å². The summed E-state index contributed by atoms with van der Waals surface area (Å²) < 4.78 is 1.85. The van der Waals surface area contributed by atoms with Crippen LogP contribution in [0.15, 0.2) is 12.3 Å². The first-order valence-corrected chi connectivity index (χ1v) is 5.22. The van der Waals surface area contributed by atoms with Crippen LogP contribution in [-0.2, 0) is 13.6 Å². The summed E-state index contributed by atoms with van der Waals surface area (Å²) in [5.41, 5.74) is 6.73. The number of nitrogens with zero attached hydrogens (tertiary/aromatic N) is 3. The minimum absolute atomic E-state index is 0.739. The van der Waals surface area contributed by atoms with E-state index in [9.17, 15) is 0 Å². The van der Waals surface area contributed by atoms with Gasteiger partial charge in [0.25, 0.3) is 0 Å². The van der Waals surface area contributed by atoms with Gasteiger partial charge in [-0.15, -0.1) is 0 Å². The third kappa shape index (κ3) is 2.33. The van der Waals surface area contributed by atoms with Crippen LogP contribution in [-0.4, -0.2) is 33.8 Å². The predicted molar refractivity (Wildman–Crippen MR) is 55.7 cm³/mol. The van der Waals surface area contributed by atoms with Crippen LogP contribution in [0.3, 0.4) is 0 Å². The third-order valence-electron chi connectivity index (χ3n) is 2.61. The number of aryl methyl sites for hydroxylation is 1. The number of rotatable bonds is 5. The molecule has 4 heteroatoms. The van der Waals surface area contributed by atoms with Crippen molar-refractivity contribution in [2.24, 2.45) is 12.8 Å². The summed E-state index contributed by atoms with van der Waals surface area (Å²) in [7, 11) is 1.95. The van der Waals surface area contributed by atoms with Crippen molar-refractivity contribution < 1.29 is 0 Å². The number of hydrogen-bond donors (Lipinski definition) is 1. The highest BCUT2D eigenvalue weighted by Crippen LogP contribution is 2.27. The summed E-state index contributed by atoms with van der Waals surface area (Å²) >= 11 is 0. The molecule has 0 saturated heterocycles. The zero-order valence-corrected chi connectivity index (χ0v) is 8.69. The average molecular weight is 194 g/mol. The largest absolute Gasteiger partial charge is 0.329 e. The molecule has 0 spiro atoms. The molecule has 78 valence electrons. The van der Waals surface area contributed by atoms with Crippen molar-refractivity contribution in [1.29, 1.82) is 0 Å². The van der Waals surface area contributed by atoms with Gasteiger partial charge in [-0.25, -0.2) is 0 Å². The van der Waals surface area contributed by atoms with Crippen LogP contribution in [0.4, 0.5) is 0 Å². The average Bonchev–Trinajstić information content (AvgIpc) is 2.91. The number of aromatic nitrogens is 2. The van der Waals surface area contributed by atoms with Gasteiger partial charge in [0.2, 0.25) is 0 Å². The third-order valence-corrected chi connectivity index (χ3v) is 2.61. The fraction of sp³-hybridized carbons (Fsp3) is 0.700. The molecule has 4 nitrogen and oxygen atoms in total. The second kappa shape index (κ2) is 4.11. The molecule has 1 fully saturated rings. The summed E-state index contributed by atoms with van der Waals surface area (Å²) in [5.74, 6) is 0. The monoisotopic (exact) mass is 194 g/mol. The fourth-order valence-corrected chi connectivity index (χ4v) is 1.75. The Bertz CT molecular complexity index is 290. The molecule has 2 N–H and O–H groups in total. The van der Waals surface area contributed by atoms with E-state index in [-0.39, 0.29) is 0 Å². The van der Waals surface area contributed by atoms with Crippen molar-refractivity contribution in [2.45, 2.75) is 25.4 Å². The molecule has 1 aliphatic rings. The van der Waals surface area contributed by atoms with Crippen LogP contribution in [0.2, 0.25) is 0 Å². The quantitative estimate of drug-likeness (QED) is 0.735. The first kappa shape index (κ1) is 9.68. The fourth-order valence-electron chi connectivity index (χ4n) is 1.75. The molecule has 1 saturated carbocycles. The highest BCUT2D eigenvalue weighted by molar-refractivity contribution is 5.00. The zero-order chi connectivity index (χ0) is 9.97. The van der Waals surface area contributed by atoms with E-state index in [1.165, 1.54) is 12.8 Å². The van der Waals surface area contributed by atoms with Gasteiger partial charge < -0.3 is 5.73 Å². The van der Waals surface area contributed by atoms with E-state index in [4.69, 9.17) is 5.73 Å². The van der Waals surface area contributed by atoms with Crippen molar-refractivity contribution in [3.8, 4) is 0 Å². The number of hydrogen-bond acceptors (Lipinski definition) is 3. The molecule has 2 rings (SSSR count). The Morgan fingerprint density at radius 3 is 2.93 bits per heavy atom. The smallest absolute Gasteiger partial charge is 0.0764 e. The summed E-state index contributed by atoms with van der Waals surface area (Å²) in [6.45, 7) is 2.67. The Morgan fingerprint density at radius 2 is 2.43 bits per heavy atom. The lowest BCUT2D eigenvalue weighted by Crippen LogP contribution is -2.31. The second-order valence-electron chi connectivity index (χ2n) is 3.97. The lowest BCUT2D eigenvalue weighted by atomic mass is 10.3. The van der Waals surface area contributed by atoms with Gasteiger partial charge in [0.05, 0.1) is 5.69 Å². The van der Waals surface area contributed by atoms with Crippen molar-refractivity contribution in [1.82, 2.24) is 14.7 Å². The van der Waals surface area contributed by atoms with E-state index >= 15 is 0 Å². The Hall–Kier alpha value is -0.870. The van der Waals surface area contributed by atoms with Crippen LogP contribution in [0.1, 0.15) is 18.5 Å². The van der Waals surface area contributed by atoms with Crippen LogP contribution < -0.4 is 5.73 Å². The Kier molecular flexibility index (Phi) is 2.84. The van der Waals surface area contributed by atoms with Crippen molar-refractivity contribution in [3.63, 3.8) is 0 Å². The number of nitrogens with two attached hydrogens (primary N) is 1. The highest BCUT2D eigenvalue weighted by Gasteiger charge is 2.28. The molecular formula is C10H18N4. The van der Waals surface area contributed by atoms with E-state index in [1.807, 2.05) is 17.9 Å². The molecule has 0 atom stereocenters. The second-order valence-corrected chi connectivity index (χ2v) is 3.97. The van der Waals surface area contributed by atoms with E-state index < -0.39 is 0 Å². The van der Waals surface area contributed by atoms with Gasteiger partial charge in [0, 0.05) is 38.9 Å². The molecule has 0 unspecified atom stereocenters. The van der Waals surface area contributed by atoms with Crippen LogP contribution in [0, 0.1) is 0 Å². The van der Waals surface area contributed by atoms with Crippen molar-refractivity contribution in [2.75, 3.05) is 13.1 Å².